The maximum Gasteiger partial charge on any atom is 0.406 e. The molecule has 3 N–H and O–H groups in total. The van der Waals surface area contributed by atoms with Crippen LogP contribution in [0.1, 0.15) is 36.0 Å². The standard InChI is InChI=1S/C35H38Cl3N3O6/c1-39-35(44)47-16-14-22-5-12-28(36)24(19-22)20-41(25-8-9-25)34(43)32-27(13-15-40-31(32)21-42)23-6-10-26(11-7-23)45-17-18-46-33-29(37)3-2-4-30(33)38/h2-7,10-12,19,25,31,40,42H,8-9,13-18,20-21H2,1H3,(H,39,44)/t31-/m1/s1. The number of carbonyl (C=O) groups excluding carboxylic acids is 2. The van der Waals surface area contributed by atoms with Gasteiger partial charge in [0.25, 0.3) is 5.91 Å². The van der Waals surface area contributed by atoms with Crippen LogP contribution in [0.2, 0.25) is 15.1 Å². The van der Waals surface area contributed by atoms with Gasteiger partial charge in [-0.1, -0.05) is 65.1 Å². The predicted octanol–water partition coefficient (Wildman–Crippen LogP) is 6.30. The van der Waals surface area contributed by atoms with Gasteiger partial charge in [-0.15, -0.1) is 0 Å². The monoisotopic (exact) mass is 701 g/mol. The van der Waals surface area contributed by atoms with Crippen molar-refractivity contribution in [2.24, 2.45) is 0 Å². The van der Waals surface area contributed by atoms with Crippen LogP contribution in [0.25, 0.3) is 5.57 Å². The van der Waals surface area contributed by atoms with Crippen LogP contribution in [0.15, 0.2) is 66.2 Å². The molecule has 12 heteroatoms. The largest absolute Gasteiger partial charge is 0.490 e. The quantitative estimate of drug-likeness (QED) is 0.169. The number of hydrogen-bond donors (Lipinski definition) is 3. The Bertz CT molecular complexity index is 1580. The van der Waals surface area contributed by atoms with E-state index in [0.29, 0.717) is 58.1 Å². The maximum absolute atomic E-state index is 14.4. The van der Waals surface area contributed by atoms with E-state index in [9.17, 15) is 14.7 Å². The molecule has 2 aliphatic rings. The van der Waals surface area contributed by atoms with E-state index in [1.54, 1.807) is 18.2 Å². The Morgan fingerprint density at radius 3 is 2.36 bits per heavy atom. The van der Waals surface area contributed by atoms with Crippen LogP contribution in [-0.4, -0.2) is 74.1 Å². The Hall–Kier alpha value is -3.47. The highest BCUT2D eigenvalue weighted by atomic mass is 35.5. The van der Waals surface area contributed by atoms with Crippen LogP contribution in [-0.2, 0) is 22.5 Å². The summed E-state index contributed by atoms with van der Waals surface area (Å²) in [6.07, 6.45) is 2.47. The Kier molecular flexibility index (Phi) is 12.3. The molecule has 0 bridgehead atoms. The normalized spacial score (nSPS) is 16.1. The number of ether oxygens (including phenoxy) is 3. The molecule has 2 amide bonds. The number of nitrogens with one attached hydrogen (secondary N) is 2. The van der Waals surface area contributed by atoms with Crippen LogP contribution < -0.4 is 20.1 Å². The van der Waals surface area contributed by atoms with E-state index in [4.69, 9.17) is 49.0 Å². The fraction of sp³-hybridized carbons (Fsp3) is 0.371. The molecule has 0 aromatic heterocycles. The summed E-state index contributed by atoms with van der Waals surface area (Å²) >= 11 is 19.0. The SMILES string of the molecule is CNC(=O)OCCc1ccc(Cl)c(CN(C(=O)C2=C(c3ccc(OCCOc4c(Cl)cccc4Cl)cc3)CCN[C@@H]2CO)C2CC2)c1. The third-order valence-corrected chi connectivity index (χ3v) is 9.06. The van der Waals surface area contributed by atoms with Crippen molar-refractivity contribution in [2.45, 2.75) is 44.3 Å². The summed E-state index contributed by atoms with van der Waals surface area (Å²) in [6, 6.07) is 18.0. The third-order valence-electron chi connectivity index (χ3n) is 8.10. The Morgan fingerprint density at radius 1 is 0.957 bits per heavy atom. The van der Waals surface area contributed by atoms with Crippen molar-refractivity contribution in [3.63, 3.8) is 0 Å². The molecule has 0 unspecified atom stereocenters. The number of halogens is 3. The zero-order chi connectivity index (χ0) is 33.3. The molecule has 5 rings (SSSR count). The number of aliphatic hydroxyl groups excluding tert-OH is 1. The van der Waals surface area contributed by atoms with Crippen LogP contribution in [0, 0.1) is 0 Å². The number of nitrogens with zero attached hydrogens (tertiary/aromatic N) is 1. The summed E-state index contributed by atoms with van der Waals surface area (Å²) in [6.45, 7) is 1.52. The number of carbonyl (C=O) groups is 2. The summed E-state index contributed by atoms with van der Waals surface area (Å²) in [4.78, 5) is 27.7. The minimum atomic E-state index is -0.499. The second-order valence-electron chi connectivity index (χ2n) is 11.3. The lowest BCUT2D eigenvalue weighted by atomic mass is 9.88. The van der Waals surface area contributed by atoms with E-state index in [1.807, 2.05) is 47.4 Å². The van der Waals surface area contributed by atoms with Crippen molar-refractivity contribution < 1.29 is 28.9 Å². The minimum absolute atomic E-state index is 0.0902. The van der Waals surface area contributed by atoms with E-state index < -0.39 is 12.1 Å². The fourth-order valence-corrected chi connectivity index (χ4v) is 6.24. The first kappa shape index (κ1) is 34.9. The Balaban J connectivity index is 1.30. The van der Waals surface area contributed by atoms with Crippen molar-refractivity contribution in [3.8, 4) is 11.5 Å². The highest BCUT2D eigenvalue weighted by Crippen LogP contribution is 2.36. The number of hydrogen-bond acceptors (Lipinski definition) is 7. The lowest BCUT2D eigenvalue weighted by Gasteiger charge is -2.33. The summed E-state index contributed by atoms with van der Waals surface area (Å²) < 4.78 is 16.7. The van der Waals surface area contributed by atoms with Crippen LogP contribution in [0.3, 0.4) is 0 Å². The first-order valence-electron chi connectivity index (χ1n) is 15.6. The van der Waals surface area contributed by atoms with Crippen molar-refractivity contribution in [1.29, 1.82) is 0 Å². The highest BCUT2D eigenvalue weighted by molar-refractivity contribution is 6.37. The zero-order valence-corrected chi connectivity index (χ0v) is 28.3. The van der Waals surface area contributed by atoms with Crippen molar-refractivity contribution in [3.05, 3.63) is 98.0 Å². The van der Waals surface area contributed by atoms with Gasteiger partial charge in [0.05, 0.1) is 29.3 Å². The average Bonchev–Trinajstić information content (AvgIpc) is 3.93. The lowest BCUT2D eigenvalue weighted by Crippen LogP contribution is -2.46. The van der Waals surface area contributed by atoms with Gasteiger partial charge in [0, 0.05) is 36.7 Å². The van der Waals surface area contributed by atoms with Gasteiger partial charge in [-0.05, 0) is 78.4 Å². The molecule has 3 aromatic carbocycles. The van der Waals surface area contributed by atoms with E-state index in [0.717, 1.165) is 35.1 Å². The fourth-order valence-electron chi connectivity index (χ4n) is 5.56. The van der Waals surface area contributed by atoms with Crippen LogP contribution in [0.4, 0.5) is 4.79 Å². The van der Waals surface area contributed by atoms with E-state index in [-0.39, 0.29) is 38.4 Å². The molecule has 1 atom stereocenters. The van der Waals surface area contributed by atoms with Crippen molar-refractivity contribution >= 4 is 52.4 Å². The number of rotatable bonds is 14. The average molecular weight is 703 g/mol. The summed E-state index contributed by atoms with van der Waals surface area (Å²) in [5.41, 5.74) is 4.12. The molecule has 1 saturated carbocycles. The Morgan fingerprint density at radius 2 is 1.68 bits per heavy atom. The second kappa shape index (κ2) is 16.6. The van der Waals surface area contributed by atoms with Gasteiger partial charge in [-0.3, -0.25) is 4.79 Å². The highest BCUT2D eigenvalue weighted by Gasteiger charge is 2.38. The van der Waals surface area contributed by atoms with Gasteiger partial charge in [-0.2, -0.15) is 0 Å². The van der Waals surface area contributed by atoms with Crippen LogP contribution >= 0.6 is 34.8 Å². The summed E-state index contributed by atoms with van der Waals surface area (Å²) in [5.74, 6) is 0.957. The number of alkyl carbamates (subject to hydrolysis) is 1. The number of para-hydroxylation sites is 1. The summed E-state index contributed by atoms with van der Waals surface area (Å²) in [7, 11) is 1.51. The Labute approximate surface area is 289 Å². The maximum atomic E-state index is 14.4. The molecule has 1 aliphatic heterocycles. The van der Waals surface area contributed by atoms with Gasteiger partial charge in [0.2, 0.25) is 0 Å². The van der Waals surface area contributed by atoms with E-state index in [2.05, 4.69) is 10.6 Å². The molecule has 1 aliphatic carbocycles. The second-order valence-corrected chi connectivity index (χ2v) is 12.6. The smallest absolute Gasteiger partial charge is 0.406 e. The topological polar surface area (TPSA) is 109 Å². The number of aliphatic hydroxyl groups is 1. The molecular formula is C35H38Cl3N3O6. The molecule has 0 saturated heterocycles. The lowest BCUT2D eigenvalue weighted by molar-refractivity contribution is -0.128. The molecule has 47 heavy (non-hydrogen) atoms. The minimum Gasteiger partial charge on any atom is -0.490 e. The third kappa shape index (κ3) is 9.12. The molecule has 0 spiro atoms. The molecule has 0 radical (unpaired) electrons. The molecule has 1 heterocycles. The van der Waals surface area contributed by atoms with Gasteiger partial charge < -0.3 is 34.9 Å². The van der Waals surface area contributed by atoms with Gasteiger partial charge in [0.1, 0.15) is 19.0 Å². The first-order chi connectivity index (χ1) is 22.8. The van der Waals surface area contributed by atoms with E-state index in [1.165, 1.54) is 7.05 Å². The zero-order valence-electron chi connectivity index (χ0n) is 26.1. The van der Waals surface area contributed by atoms with Gasteiger partial charge in [-0.25, -0.2) is 4.79 Å². The van der Waals surface area contributed by atoms with E-state index >= 15 is 0 Å². The molecule has 1 fully saturated rings. The molecule has 9 nitrogen and oxygen atoms in total. The van der Waals surface area contributed by atoms with Crippen LogP contribution in [0.5, 0.6) is 11.5 Å². The molecular weight excluding hydrogens is 665 g/mol. The molecule has 3 aromatic rings. The van der Waals surface area contributed by atoms with Crippen molar-refractivity contribution in [2.75, 3.05) is 40.0 Å². The molecule has 250 valence electrons. The van der Waals surface area contributed by atoms with Crippen molar-refractivity contribution in [1.82, 2.24) is 15.5 Å². The first-order valence-corrected chi connectivity index (χ1v) is 16.7. The number of amides is 2. The number of benzene rings is 3. The summed E-state index contributed by atoms with van der Waals surface area (Å²) in [5, 5.41) is 17.5. The van der Waals surface area contributed by atoms with Gasteiger partial charge in [0.15, 0.2) is 5.75 Å². The van der Waals surface area contributed by atoms with Gasteiger partial charge >= 0.3 is 6.09 Å². The predicted molar refractivity (Wildman–Crippen MR) is 183 cm³/mol.